The van der Waals surface area contributed by atoms with Crippen molar-refractivity contribution in [1.29, 1.82) is 0 Å². The van der Waals surface area contributed by atoms with Gasteiger partial charge in [-0.3, -0.25) is 0 Å². The van der Waals surface area contributed by atoms with Gasteiger partial charge in [-0.05, 0) is 5.92 Å². The highest BCUT2D eigenvalue weighted by Gasteiger charge is 1.68. The summed E-state index contributed by atoms with van der Waals surface area (Å²) >= 11 is 9.81. The van der Waals surface area contributed by atoms with Gasteiger partial charge in [0.2, 0.25) is 8.14 Å². The molecule has 0 aromatic heterocycles. The van der Waals surface area contributed by atoms with Gasteiger partial charge in [-0.25, -0.2) is 0 Å². The second-order valence-electron chi connectivity index (χ2n) is 1.83. The zero-order valence-corrected chi connectivity index (χ0v) is 7.97. The van der Waals surface area contributed by atoms with Gasteiger partial charge in [-0.1, -0.05) is 20.8 Å². The van der Waals surface area contributed by atoms with Gasteiger partial charge >= 0.3 is 0 Å². The lowest BCUT2D eigenvalue weighted by Gasteiger charge is -1.79. The van der Waals surface area contributed by atoms with Crippen molar-refractivity contribution in [1.82, 2.24) is 0 Å². The van der Waals surface area contributed by atoms with E-state index in [0.29, 0.717) is 0 Å². The minimum Gasteiger partial charge on any atom is -0.155 e. The predicted molar refractivity (Wildman–Crippen MR) is 40.8 cm³/mol. The van der Waals surface area contributed by atoms with Gasteiger partial charge in [0, 0.05) is 0 Å². The third-order valence-electron chi connectivity index (χ3n) is 0. The van der Waals surface area contributed by atoms with Crippen molar-refractivity contribution in [2.75, 3.05) is 0 Å². The summed E-state index contributed by atoms with van der Waals surface area (Å²) in [6.45, 7) is 6.50. The van der Waals surface area contributed by atoms with E-state index in [9.17, 15) is 0 Å². The summed E-state index contributed by atoms with van der Waals surface area (Å²) in [5.74, 6) is 0.833. The first-order chi connectivity index (χ1) is 3.15. The topological polar surface area (TPSA) is 0 Å². The normalized spacial score (nSPS) is 7.71. The Morgan fingerprint density at radius 2 is 1.14 bits per heavy atom. The van der Waals surface area contributed by atoms with Crippen molar-refractivity contribution in [3.05, 3.63) is 0 Å². The zero-order chi connectivity index (χ0) is 6.28. The van der Waals surface area contributed by atoms with Gasteiger partial charge in [0.15, 0.2) is 0 Å². The fourth-order valence-corrected chi connectivity index (χ4v) is 0. The van der Waals surface area contributed by atoms with E-state index in [-0.39, 0.29) is 0 Å². The van der Waals surface area contributed by atoms with Crippen LogP contribution in [0.5, 0.6) is 0 Å². The van der Waals surface area contributed by atoms with Crippen LogP contribution in [0.4, 0.5) is 0 Å². The second kappa shape index (κ2) is 9.93. The van der Waals surface area contributed by atoms with Crippen molar-refractivity contribution < 1.29 is 0 Å². The highest BCUT2D eigenvalue weighted by molar-refractivity contribution is 7.22. The molecule has 0 nitrogen and oxygen atoms in total. The van der Waals surface area contributed by atoms with E-state index in [2.05, 4.69) is 20.8 Å². The zero-order valence-electron chi connectivity index (χ0n) is 5.04. The van der Waals surface area contributed by atoms with Gasteiger partial charge in [0.25, 0.3) is 0 Å². The van der Waals surface area contributed by atoms with E-state index in [1.54, 1.807) is 0 Å². The standard InChI is InChI=1S/C4H10.Cl2H2Si/c1-4(2)3;1-3-2/h4H,1-3H3;3H2. The Morgan fingerprint density at radius 3 is 1.14 bits per heavy atom. The third-order valence-corrected chi connectivity index (χ3v) is 0. The largest absolute Gasteiger partial charge is 0.222 e. The molecular formula is C4H12Cl2Si. The molecule has 3 heteroatoms. The van der Waals surface area contributed by atoms with Crippen LogP contribution in [0, 0.1) is 5.92 Å². The Balaban J connectivity index is 0. The SMILES string of the molecule is CC(C)C.Cl[SiH2]Cl. The molecule has 0 amide bonds. The van der Waals surface area contributed by atoms with Crippen molar-refractivity contribution in [2.45, 2.75) is 20.8 Å². The molecule has 0 radical (unpaired) electrons. The Hall–Kier alpha value is 0.797. The van der Waals surface area contributed by atoms with Gasteiger partial charge in [0.1, 0.15) is 0 Å². The quantitative estimate of drug-likeness (QED) is 0.375. The molecule has 0 heterocycles. The van der Waals surface area contributed by atoms with Crippen molar-refractivity contribution in [3.8, 4) is 0 Å². The maximum Gasteiger partial charge on any atom is 0.222 e. The molecule has 0 fully saturated rings. The molecule has 0 aromatic rings. The Morgan fingerprint density at radius 1 is 1.14 bits per heavy atom. The summed E-state index contributed by atoms with van der Waals surface area (Å²) in [5, 5.41) is 0. The highest BCUT2D eigenvalue weighted by atomic mass is 35.7. The van der Waals surface area contributed by atoms with Crippen molar-refractivity contribution >= 4 is 30.3 Å². The first-order valence-electron chi connectivity index (χ1n) is 2.27. The van der Waals surface area contributed by atoms with E-state index in [4.69, 9.17) is 22.2 Å². The first kappa shape index (κ1) is 10.7. The second-order valence-corrected chi connectivity index (χ2v) is 4.46. The lowest BCUT2D eigenvalue weighted by Crippen LogP contribution is -1.66. The molecule has 0 atom stereocenters. The molecule has 0 aliphatic heterocycles. The molecule has 0 N–H and O–H groups in total. The minimum absolute atomic E-state index is 0.639. The lowest BCUT2D eigenvalue weighted by atomic mass is 10.3. The van der Waals surface area contributed by atoms with E-state index < -0.39 is 8.14 Å². The molecule has 0 aliphatic carbocycles. The first-order valence-corrected chi connectivity index (χ1v) is 6.54. The van der Waals surface area contributed by atoms with E-state index in [1.807, 2.05) is 0 Å². The molecule has 0 spiro atoms. The van der Waals surface area contributed by atoms with Crippen LogP contribution < -0.4 is 0 Å². The summed E-state index contributed by atoms with van der Waals surface area (Å²) in [4.78, 5) is 0. The molecule has 46 valence electrons. The minimum atomic E-state index is -0.639. The van der Waals surface area contributed by atoms with Crippen LogP contribution in [0.1, 0.15) is 20.8 Å². The van der Waals surface area contributed by atoms with Crippen molar-refractivity contribution in [3.63, 3.8) is 0 Å². The van der Waals surface area contributed by atoms with E-state index in [0.717, 1.165) is 5.92 Å². The number of hydrogen-bond donors (Lipinski definition) is 0. The molecular weight excluding hydrogens is 147 g/mol. The van der Waals surface area contributed by atoms with Crippen LogP contribution in [-0.4, -0.2) is 8.14 Å². The summed E-state index contributed by atoms with van der Waals surface area (Å²) in [6.07, 6.45) is 0. The molecule has 0 aliphatic rings. The number of rotatable bonds is 0. The maximum atomic E-state index is 4.90. The smallest absolute Gasteiger partial charge is 0.155 e. The fraction of sp³-hybridized carbons (Fsp3) is 1.00. The highest BCUT2D eigenvalue weighted by Crippen LogP contribution is 1.81. The van der Waals surface area contributed by atoms with Crippen LogP contribution in [-0.2, 0) is 0 Å². The molecule has 7 heavy (non-hydrogen) atoms. The van der Waals surface area contributed by atoms with Gasteiger partial charge in [0.05, 0.1) is 0 Å². The monoisotopic (exact) mass is 158 g/mol. The van der Waals surface area contributed by atoms with Gasteiger partial charge in [-0.2, -0.15) is 22.2 Å². The number of halogens is 2. The number of hydrogen-bond acceptors (Lipinski definition) is 0. The summed E-state index contributed by atoms with van der Waals surface area (Å²) in [7, 11) is -0.639. The van der Waals surface area contributed by atoms with Crippen LogP contribution in [0.15, 0.2) is 0 Å². The van der Waals surface area contributed by atoms with Crippen LogP contribution >= 0.6 is 22.2 Å². The average molecular weight is 159 g/mol. The molecule has 0 bridgehead atoms. The summed E-state index contributed by atoms with van der Waals surface area (Å²) < 4.78 is 0. The molecule has 0 rings (SSSR count). The predicted octanol–water partition coefficient (Wildman–Crippen LogP) is 2.13. The van der Waals surface area contributed by atoms with Crippen molar-refractivity contribution in [2.24, 2.45) is 5.92 Å². The molecule has 0 saturated carbocycles. The van der Waals surface area contributed by atoms with Gasteiger partial charge < -0.3 is 0 Å². The maximum absolute atomic E-state index is 4.90. The lowest BCUT2D eigenvalue weighted by molar-refractivity contribution is 0.737. The van der Waals surface area contributed by atoms with Crippen LogP contribution in [0.2, 0.25) is 0 Å². The fourth-order valence-electron chi connectivity index (χ4n) is 0. The van der Waals surface area contributed by atoms with Crippen LogP contribution in [0.3, 0.4) is 0 Å². The average Bonchev–Trinajstić information content (AvgIpc) is 1.33. The molecule has 0 unspecified atom stereocenters. The molecule has 0 aromatic carbocycles. The summed E-state index contributed by atoms with van der Waals surface area (Å²) in [6, 6.07) is 0. The summed E-state index contributed by atoms with van der Waals surface area (Å²) in [5.41, 5.74) is 0. The third kappa shape index (κ3) is 246. The van der Waals surface area contributed by atoms with E-state index in [1.165, 1.54) is 0 Å². The van der Waals surface area contributed by atoms with Gasteiger partial charge in [-0.15, -0.1) is 0 Å². The Labute approximate surface area is 57.4 Å². The Bertz CT molecular complexity index is 20.9. The van der Waals surface area contributed by atoms with Crippen LogP contribution in [0.25, 0.3) is 0 Å². The molecule has 0 saturated heterocycles. The Kier molecular flexibility index (Phi) is 15.2. The van der Waals surface area contributed by atoms with E-state index >= 15 is 0 Å².